The molecule has 1 aliphatic rings. The van der Waals surface area contributed by atoms with Crippen LogP contribution in [0.4, 0.5) is 0 Å². The highest BCUT2D eigenvalue weighted by molar-refractivity contribution is 4.98. The molecule has 2 N–H and O–H groups in total. The fraction of sp³-hybridized carbons (Fsp3) is 0.800. The molecule has 0 radical (unpaired) electrons. The monoisotopic (exact) mass is 168 g/mol. The number of rotatable bonds is 0. The molecule has 0 saturated carbocycles. The maximum Gasteiger partial charge on any atom is 0.0236 e. The topological polar surface area (TPSA) is 29.3 Å². The SMILES string of the molecule is CC(C)(C)N1CC=CC(N)CC1. The Hall–Kier alpha value is -0.340. The second-order valence-electron chi connectivity index (χ2n) is 4.50. The molecule has 0 aliphatic carbocycles. The van der Waals surface area contributed by atoms with Crippen LogP contribution < -0.4 is 5.73 Å². The van der Waals surface area contributed by atoms with Gasteiger partial charge in [0, 0.05) is 24.7 Å². The first-order valence-electron chi connectivity index (χ1n) is 4.67. The van der Waals surface area contributed by atoms with Crippen molar-refractivity contribution in [1.82, 2.24) is 4.90 Å². The average molecular weight is 168 g/mol. The molecular weight excluding hydrogens is 148 g/mol. The van der Waals surface area contributed by atoms with E-state index < -0.39 is 0 Å². The Morgan fingerprint density at radius 1 is 1.42 bits per heavy atom. The van der Waals surface area contributed by atoms with Crippen LogP contribution in [0, 0.1) is 0 Å². The minimum Gasteiger partial charge on any atom is -0.324 e. The summed E-state index contributed by atoms with van der Waals surface area (Å²) in [5, 5.41) is 0. The first-order valence-corrected chi connectivity index (χ1v) is 4.67. The van der Waals surface area contributed by atoms with E-state index in [1.54, 1.807) is 0 Å². The molecule has 0 saturated heterocycles. The van der Waals surface area contributed by atoms with E-state index in [1.165, 1.54) is 0 Å². The van der Waals surface area contributed by atoms with Crippen molar-refractivity contribution in [2.24, 2.45) is 5.73 Å². The largest absolute Gasteiger partial charge is 0.324 e. The highest BCUT2D eigenvalue weighted by Crippen LogP contribution is 2.15. The van der Waals surface area contributed by atoms with Gasteiger partial charge in [-0.25, -0.2) is 0 Å². The molecule has 12 heavy (non-hydrogen) atoms. The summed E-state index contributed by atoms with van der Waals surface area (Å²) in [5.41, 5.74) is 6.10. The second kappa shape index (κ2) is 3.58. The number of hydrogen-bond donors (Lipinski definition) is 1. The number of nitrogens with two attached hydrogens (primary N) is 1. The molecule has 1 aliphatic heterocycles. The molecule has 0 fully saturated rings. The van der Waals surface area contributed by atoms with Gasteiger partial charge in [-0.2, -0.15) is 0 Å². The van der Waals surface area contributed by atoms with Crippen LogP contribution in [0.25, 0.3) is 0 Å². The minimum atomic E-state index is 0.261. The first kappa shape index (κ1) is 9.75. The maximum absolute atomic E-state index is 5.83. The van der Waals surface area contributed by atoms with E-state index in [0.717, 1.165) is 19.5 Å². The Kier molecular flexibility index (Phi) is 2.91. The molecule has 0 bridgehead atoms. The van der Waals surface area contributed by atoms with Crippen LogP contribution in [0.5, 0.6) is 0 Å². The van der Waals surface area contributed by atoms with E-state index in [-0.39, 0.29) is 11.6 Å². The van der Waals surface area contributed by atoms with Crippen LogP contribution in [0.2, 0.25) is 0 Å². The summed E-state index contributed by atoms with van der Waals surface area (Å²) in [6, 6.07) is 0.261. The molecule has 1 heterocycles. The molecule has 1 unspecified atom stereocenters. The Balaban J connectivity index is 2.55. The normalized spacial score (nSPS) is 27.2. The van der Waals surface area contributed by atoms with E-state index in [4.69, 9.17) is 5.73 Å². The Bertz CT molecular complexity index is 167. The molecule has 2 nitrogen and oxygen atoms in total. The fourth-order valence-electron chi connectivity index (χ4n) is 1.46. The summed E-state index contributed by atoms with van der Waals surface area (Å²) in [4.78, 5) is 2.45. The van der Waals surface area contributed by atoms with Gasteiger partial charge in [-0.3, -0.25) is 4.90 Å². The average Bonchev–Trinajstić information content (AvgIpc) is 2.11. The van der Waals surface area contributed by atoms with Crippen molar-refractivity contribution in [3.8, 4) is 0 Å². The van der Waals surface area contributed by atoms with Crippen molar-refractivity contribution in [1.29, 1.82) is 0 Å². The van der Waals surface area contributed by atoms with Gasteiger partial charge in [-0.1, -0.05) is 12.2 Å². The molecule has 0 aromatic rings. The Labute approximate surface area is 75.4 Å². The molecule has 0 amide bonds. The molecule has 0 aromatic heterocycles. The molecule has 2 heteroatoms. The zero-order chi connectivity index (χ0) is 9.19. The van der Waals surface area contributed by atoms with Crippen molar-refractivity contribution >= 4 is 0 Å². The molecule has 1 rings (SSSR count). The van der Waals surface area contributed by atoms with Gasteiger partial charge in [-0.15, -0.1) is 0 Å². The van der Waals surface area contributed by atoms with Crippen molar-refractivity contribution in [2.75, 3.05) is 13.1 Å². The van der Waals surface area contributed by atoms with Gasteiger partial charge in [0.1, 0.15) is 0 Å². The van der Waals surface area contributed by atoms with Crippen LogP contribution in [-0.4, -0.2) is 29.6 Å². The third-order valence-electron chi connectivity index (χ3n) is 2.39. The van der Waals surface area contributed by atoms with Gasteiger partial charge >= 0.3 is 0 Å². The number of nitrogens with zero attached hydrogens (tertiary/aromatic N) is 1. The Morgan fingerprint density at radius 3 is 2.67 bits per heavy atom. The quantitative estimate of drug-likeness (QED) is 0.554. The van der Waals surface area contributed by atoms with Gasteiger partial charge in [0.05, 0.1) is 0 Å². The summed E-state index contributed by atoms with van der Waals surface area (Å²) in [6.45, 7) is 8.89. The van der Waals surface area contributed by atoms with Crippen molar-refractivity contribution in [3.05, 3.63) is 12.2 Å². The molecule has 1 atom stereocenters. The van der Waals surface area contributed by atoms with Crippen LogP contribution in [-0.2, 0) is 0 Å². The predicted octanol–water partition coefficient (Wildman–Crippen LogP) is 1.37. The number of hydrogen-bond acceptors (Lipinski definition) is 2. The maximum atomic E-state index is 5.83. The van der Waals surface area contributed by atoms with Gasteiger partial charge in [0.15, 0.2) is 0 Å². The van der Waals surface area contributed by atoms with Crippen LogP contribution in [0.1, 0.15) is 27.2 Å². The Morgan fingerprint density at radius 2 is 2.08 bits per heavy atom. The predicted molar refractivity (Wildman–Crippen MR) is 53.1 cm³/mol. The third kappa shape index (κ3) is 2.61. The zero-order valence-electron chi connectivity index (χ0n) is 8.38. The second-order valence-corrected chi connectivity index (χ2v) is 4.50. The summed E-state index contributed by atoms with van der Waals surface area (Å²) in [7, 11) is 0. The standard InChI is InChI=1S/C10H20N2/c1-10(2,3)12-7-4-5-9(11)6-8-12/h4-5,9H,6-8,11H2,1-3H3. The van der Waals surface area contributed by atoms with Crippen LogP contribution >= 0.6 is 0 Å². The zero-order valence-corrected chi connectivity index (χ0v) is 8.38. The van der Waals surface area contributed by atoms with E-state index in [9.17, 15) is 0 Å². The van der Waals surface area contributed by atoms with Gasteiger partial charge < -0.3 is 5.73 Å². The van der Waals surface area contributed by atoms with E-state index >= 15 is 0 Å². The lowest BCUT2D eigenvalue weighted by Gasteiger charge is -2.34. The van der Waals surface area contributed by atoms with Crippen LogP contribution in [0.3, 0.4) is 0 Å². The van der Waals surface area contributed by atoms with Crippen LogP contribution in [0.15, 0.2) is 12.2 Å². The lowest BCUT2D eigenvalue weighted by Crippen LogP contribution is -2.42. The van der Waals surface area contributed by atoms with E-state index in [2.05, 4.69) is 37.8 Å². The van der Waals surface area contributed by atoms with Gasteiger partial charge in [0.25, 0.3) is 0 Å². The molecular formula is C10H20N2. The summed E-state index contributed by atoms with van der Waals surface area (Å²) >= 11 is 0. The molecule has 0 aromatic carbocycles. The van der Waals surface area contributed by atoms with Crippen molar-refractivity contribution in [3.63, 3.8) is 0 Å². The summed E-state index contributed by atoms with van der Waals surface area (Å²) < 4.78 is 0. The third-order valence-corrected chi connectivity index (χ3v) is 2.39. The highest BCUT2D eigenvalue weighted by atomic mass is 15.2. The fourth-order valence-corrected chi connectivity index (χ4v) is 1.46. The summed E-state index contributed by atoms with van der Waals surface area (Å²) in [5.74, 6) is 0. The van der Waals surface area contributed by atoms with E-state index in [1.807, 2.05) is 0 Å². The molecule has 0 spiro atoms. The van der Waals surface area contributed by atoms with Gasteiger partial charge in [-0.05, 0) is 27.2 Å². The summed E-state index contributed by atoms with van der Waals surface area (Å²) in [6.07, 6.45) is 5.38. The smallest absolute Gasteiger partial charge is 0.0236 e. The lowest BCUT2D eigenvalue weighted by molar-refractivity contribution is 0.154. The van der Waals surface area contributed by atoms with Gasteiger partial charge in [0.2, 0.25) is 0 Å². The minimum absolute atomic E-state index is 0.261. The first-order chi connectivity index (χ1) is 5.50. The van der Waals surface area contributed by atoms with Crippen molar-refractivity contribution < 1.29 is 0 Å². The molecule has 70 valence electrons. The lowest BCUT2D eigenvalue weighted by atomic mass is 10.1. The van der Waals surface area contributed by atoms with E-state index in [0.29, 0.717) is 0 Å². The highest BCUT2D eigenvalue weighted by Gasteiger charge is 2.21. The van der Waals surface area contributed by atoms with Crippen molar-refractivity contribution in [2.45, 2.75) is 38.8 Å².